The van der Waals surface area contributed by atoms with Gasteiger partial charge in [0, 0.05) is 24.5 Å². The Hall–Kier alpha value is -4.18. The summed E-state index contributed by atoms with van der Waals surface area (Å²) in [5, 5.41) is 9.02. The number of anilines is 1. The topological polar surface area (TPSA) is 109 Å². The van der Waals surface area contributed by atoms with Crippen molar-refractivity contribution in [3.63, 3.8) is 0 Å². The Bertz CT molecular complexity index is 1150. The number of nitrogens with two attached hydrogens (primary N) is 1. The number of carbonyl (C=O) groups excluding carboxylic acids is 2. The summed E-state index contributed by atoms with van der Waals surface area (Å²) in [6.07, 6.45) is 2.91. The molecule has 33 heavy (non-hydrogen) atoms. The van der Waals surface area contributed by atoms with E-state index in [9.17, 15) is 9.59 Å². The maximum absolute atomic E-state index is 13.2. The number of nitrogens with zero attached hydrogens (tertiary/aromatic N) is 3. The van der Waals surface area contributed by atoms with Crippen LogP contribution in [0, 0.1) is 11.3 Å². The number of aromatic nitrogens is 1. The van der Waals surface area contributed by atoms with Gasteiger partial charge in [-0.1, -0.05) is 24.3 Å². The summed E-state index contributed by atoms with van der Waals surface area (Å²) in [6, 6.07) is 18.9. The van der Waals surface area contributed by atoms with E-state index in [2.05, 4.69) is 11.1 Å². The van der Waals surface area contributed by atoms with Crippen molar-refractivity contribution in [3.05, 3.63) is 84.2 Å². The molecule has 1 atom stereocenters. The normalized spacial score (nSPS) is 11.8. The lowest BCUT2D eigenvalue weighted by atomic mass is 10.0. The van der Waals surface area contributed by atoms with Crippen molar-refractivity contribution in [2.45, 2.75) is 38.8 Å². The average molecular weight is 443 g/mol. The third-order valence-electron chi connectivity index (χ3n) is 4.90. The first-order chi connectivity index (χ1) is 15.7. The molecule has 0 spiro atoms. The second-order valence-corrected chi connectivity index (χ2v) is 8.56. The van der Waals surface area contributed by atoms with Crippen LogP contribution in [0.2, 0.25) is 0 Å². The fourth-order valence-corrected chi connectivity index (χ4v) is 3.34. The molecule has 0 bridgehead atoms. The third-order valence-corrected chi connectivity index (χ3v) is 4.90. The third kappa shape index (κ3) is 6.17. The van der Waals surface area contributed by atoms with Crippen LogP contribution in [0.3, 0.4) is 0 Å². The van der Waals surface area contributed by atoms with Gasteiger partial charge in [0.15, 0.2) is 0 Å². The van der Waals surface area contributed by atoms with Crippen molar-refractivity contribution >= 4 is 17.7 Å². The van der Waals surface area contributed by atoms with Crippen LogP contribution in [-0.4, -0.2) is 28.6 Å². The Labute approximate surface area is 193 Å². The highest BCUT2D eigenvalue weighted by Gasteiger charge is 2.33. The van der Waals surface area contributed by atoms with Crippen LogP contribution in [0.1, 0.15) is 31.9 Å². The second-order valence-electron chi connectivity index (χ2n) is 8.56. The van der Waals surface area contributed by atoms with Crippen LogP contribution in [0.4, 0.5) is 10.5 Å². The van der Waals surface area contributed by atoms with Crippen LogP contribution < -0.4 is 10.6 Å². The van der Waals surface area contributed by atoms with E-state index >= 15 is 0 Å². The van der Waals surface area contributed by atoms with Crippen LogP contribution in [0.25, 0.3) is 11.1 Å². The van der Waals surface area contributed by atoms with Crippen molar-refractivity contribution < 1.29 is 14.3 Å². The van der Waals surface area contributed by atoms with E-state index in [0.717, 1.165) is 16.7 Å². The van der Waals surface area contributed by atoms with E-state index < -0.39 is 23.6 Å². The van der Waals surface area contributed by atoms with E-state index in [0.29, 0.717) is 11.3 Å². The lowest BCUT2D eigenvalue weighted by molar-refractivity contribution is -0.119. The van der Waals surface area contributed by atoms with Crippen molar-refractivity contribution in [2.75, 3.05) is 4.90 Å². The van der Waals surface area contributed by atoms with E-state index in [1.54, 1.807) is 69.6 Å². The van der Waals surface area contributed by atoms with Crippen molar-refractivity contribution in [3.8, 4) is 17.2 Å². The number of rotatable bonds is 6. The molecule has 0 aliphatic rings. The molecule has 0 aliphatic heterocycles. The van der Waals surface area contributed by atoms with Crippen LogP contribution in [0.5, 0.6) is 0 Å². The Balaban J connectivity index is 1.98. The quantitative estimate of drug-likeness (QED) is 0.606. The zero-order valence-electron chi connectivity index (χ0n) is 18.9. The molecule has 3 rings (SSSR count). The zero-order valence-corrected chi connectivity index (χ0v) is 18.9. The molecule has 0 saturated carbocycles. The molecule has 7 heteroatoms. The summed E-state index contributed by atoms with van der Waals surface area (Å²) < 4.78 is 5.60. The first kappa shape index (κ1) is 23.5. The highest BCUT2D eigenvalue weighted by Crippen LogP contribution is 2.27. The molecule has 0 unspecified atom stereocenters. The van der Waals surface area contributed by atoms with Gasteiger partial charge in [0.1, 0.15) is 11.6 Å². The number of nitriles is 1. The van der Waals surface area contributed by atoms with E-state index in [4.69, 9.17) is 15.7 Å². The summed E-state index contributed by atoms with van der Waals surface area (Å²) in [5.41, 5.74) is 8.66. The van der Waals surface area contributed by atoms with Gasteiger partial charge in [-0.05, 0) is 73.9 Å². The van der Waals surface area contributed by atoms with Crippen LogP contribution in [-0.2, 0) is 16.0 Å². The van der Waals surface area contributed by atoms with Gasteiger partial charge >= 0.3 is 6.09 Å². The molecular weight excluding hydrogens is 416 g/mol. The number of hydrogen-bond acceptors (Lipinski definition) is 5. The zero-order chi connectivity index (χ0) is 24.0. The molecule has 0 saturated heterocycles. The monoisotopic (exact) mass is 442 g/mol. The fraction of sp³-hybridized carbons (Fsp3) is 0.231. The molecule has 0 aliphatic carbocycles. The van der Waals surface area contributed by atoms with Gasteiger partial charge in [0.2, 0.25) is 5.91 Å². The molecule has 2 N–H and O–H groups in total. The van der Waals surface area contributed by atoms with Gasteiger partial charge in [0.05, 0.1) is 11.6 Å². The Morgan fingerprint density at radius 3 is 2.09 bits per heavy atom. The molecule has 2 aromatic carbocycles. The number of carbonyl (C=O) groups is 2. The number of primary amides is 1. The van der Waals surface area contributed by atoms with Gasteiger partial charge < -0.3 is 10.5 Å². The Kier molecular flexibility index (Phi) is 7.09. The predicted molar refractivity (Wildman–Crippen MR) is 126 cm³/mol. The highest BCUT2D eigenvalue weighted by molar-refractivity contribution is 5.97. The van der Waals surface area contributed by atoms with E-state index in [1.165, 1.54) is 4.90 Å². The SMILES string of the molecule is CC(C)(C)OC(=O)N(c1ccc(-c2ccncc2)cc1)[C@H](Cc1ccc(C#N)cc1)C(N)=O. The van der Waals surface area contributed by atoms with Crippen molar-refractivity contribution in [1.29, 1.82) is 5.26 Å². The lowest BCUT2D eigenvalue weighted by Crippen LogP contribution is -2.51. The number of hydrogen-bond donors (Lipinski definition) is 1. The van der Waals surface area contributed by atoms with E-state index in [-0.39, 0.29) is 6.42 Å². The molecule has 7 nitrogen and oxygen atoms in total. The summed E-state index contributed by atoms with van der Waals surface area (Å²) in [6.45, 7) is 5.28. The molecule has 3 aromatic rings. The molecule has 2 amide bonds. The molecule has 1 aromatic heterocycles. The maximum atomic E-state index is 13.2. The second kappa shape index (κ2) is 9.96. The number of amides is 2. The molecule has 168 valence electrons. The summed E-state index contributed by atoms with van der Waals surface area (Å²) >= 11 is 0. The van der Waals surface area contributed by atoms with Gasteiger partial charge in [-0.2, -0.15) is 5.26 Å². The smallest absolute Gasteiger partial charge is 0.415 e. The van der Waals surface area contributed by atoms with Crippen molar-refractivity contribution in [1.82, 2.24) is 4.98 Å². The van der Waals surface area contributed by atoms with Crippen molar-refractivity contribution in [2.24, 2.45) is 5.73 Å². The van der Waals surface area contributed by atoms with Gasteiger partial charge in [-0.25, -0.2) is 4.79 Å². The maximum Gasteiger partial charge on any atom is 0.415 e. The van der Waals surface area contributed by atoms with Crippen LogP contribution >= 0.6 is 0 Å². The number of ether oxygens (including phenoxy) is 1. The Morgan fingerprint density at radius 2 is 1.58 bits per heavy atom. The molecule has 1 heterocycles. The minimum Gasteiger partial charge on any atom is -0.443 e. The van der Waals surface area contributed by atoms with Gasteiger partial charge in [0.25, 0.3) is 0 Å². The fourth-order valence-electron chi connectivity index (χ4n) is 3.34. The molecule has 0 fully saturated rings. The van der Waals surface area contributed by atoms with Gasteiger partial charge in [-0.3, -0.25) is 14.7 Å². The Morgan fingerprint density at radius 1 is 1.00 bits per heavy atom. The summed E-state index contributed by atoms with van der Waals surface area (Å²) in [7, 11) is 0. The van der Waals surface area contributed by atoms with Gasteiger partial charge in [-0.15, -0.1) is 0 Å². The largest absolute Gasteiger partial charge is 0.443 e. The molecule has 0 radical (unpaired) electrons. The standard InChI is InChI=1S/C26H26N4O3/c1-26(2,3)33-25(32)30(22-10-8-20(9-11-22)21-12-14-29-15-13-21)23(24(28)31)16-18-4-6-19(17-27)7-5-18/h4-15,23H,16H2,1-3H3,(H2,28,31)/t23-/m1/s1. The number of pyridine rings is 1. The predicted octanol–water partition coefficient (Wildman–Crippen LogP) is 4.46. The first-order valence-corrected chi connectivity index (χ1v) is 10.5. The first-order valence-electron chi connectivity index (χ1n) is 10.5. The average Bonchev–Trinajstić information content (AvgIpc) is 2.79. The highest BCUT2D eigenvalue weighted by atomic mass is 16.6. The summed E-state index contributed by atoms with van der Waals surface area (Å²) in [5.74, 6) is -0.663. The summed E-state index contributed by atoms with van der Waals surface area (Å²) in [4.78, 5) is 31.0. The number of benzene rings is 2. The minimum atomic E-state index is -0.987. The molecular formula is C26H26N4O3. The minimum absolute atomic E-state index is 0.173. The van der Waals surface area contributed by atoms with E-state index in [1.807, 2.05) is 24.3 Å². The lowest BCUT2D eigenvalue weighted by Gasteiger charge is -2.32. The van der Waals surface area contributed by atoms with Crippen LogP contribution in [0.15, 0.2) is 73.1 Å².